The van der Waals surface area contributed by atoms with Gasteiger partial charge in [0.05, 0.1) is 38.2 Å². The standard InChI is InChI=1S/C33H38N6O4/c1-33(2)19-25-30(27(40)20-33)31(23-18-22(42-3)10-11-28(23)43-4)39(26-9-6-5-8-24(26)36-25)21-29(41)37-14-16-38(17-15-37)32-34-12-7-13-35-32/h5-13,18,31,36H,14-17,19-21H2,1-4H3. The zero-order valence-electron chi connectivity index (χ0n) is 25.2. The minimum absolute atomic E-state index is 0.0112. The second kappa shape index (κ2) is 11.6. The third-order valence-corrected chi connectivity index (χ3v) is 8.51. The zero-order chi connectivity index (χ0) is 30.1. The predicted octanol–water partition coefficient (Wildman–Crippen LogP) is 4.46. The smallest absolute Gasteiger partial charge is 0.242 e. The summed E-state index contributed by atoms with van der Waals surface area (Å²) in [7, 11) is 3.25. The van der Waals surface area contributed by atoms with Crippen molar-refractivity contribution in [2.75, 3.05) is 62.1 Å². The number of allylic oxidation sites excluding steroid dienone is 1. The maximum absolute atomic E-state index is 14.1. The number of amides is 1. The monoisotopic (exact) mass is 582 g/mol. The van der Waals surface area contributed by atoms with E-state index in [1.165, 1.54) is 0 Å². The van der Waals surface area contributed by atoms with Gasteiger partial charge in [-0.15, -0.1) is 0 Å². The van der Waals surface area contributed by atoms with Crippen LogP contribution < -0.4 is 24.6 Å². The highest BCUT2D eigenvalue weighted by atomic mass is 16.5. The molecule has 3 aromatic rings. The minimum atomic E-state index is -0.567. The van der Waals surface area contributed by atoms with Crippen LogP contribution in [0, 0.1) is 5.41 Å². The van der Waals surface area contributed by atoms with Gasteiger partial charge in [0.1, 0.15) is 11.5 Å². The van der Waals surface area contributed by atoms with Crippen LogP contribution >= 0.6 is 0 Å². The molecule has 0 bridgehead atoms. The number of para-hydroxylation sites is 2. The first kappa shape index (κ1) is 28.5. The van der Waals surface area contributed by atoms with E-state index in [-0.39, 0.29) is 23.7 Å². The molecule has 0 spiro atoms. The Morgan fingerprint density at radius 1 is 0.977 bits per heavy atom. The lowest BCUT2D eigenvalue weighted by Gasteiger charge is -2.40. The fraction of sp³-hybridized carbons (Fsp3) is 0.394. The maximum Gasteiger partial charge on any atom is 0.242 e. The second-order valence-electron chi connectivity index (χ2n) is 12.0. The van der Waals surface area contributed by atoms with E-state index in [9.17, 15) is 9.59 Å². The van der Waals surface area contributed by atoms with Gasteiger partial charge in [0.2, 0.25) is 11.9 Å². The third kappa shape index (κ3) is 5.61. The van der Waals surface area contributed by atoms with Gasteiger partial charge in [-0.25, -0.2) is 9.97 Å². The molecule has 0 radical (unpaired) electrons. The number of ether oxygens (including phenoxy) is 2. The maximum atomic E-state index is 14.1. The lowest BCUT2D eigenvalue weighted by Crippen LogP contribution is -2.52. The fourth-order valence-electron chi connectivity index (χ4n) is 6.46. The highest BCUT2D eigenvalue weighted by Crippen LogP contribution is 2.50. The Morgan fingerprint density at radius 2 is 1.72 bits per heavy atom. The molecule has 10 heteroatoms. The zero-order valence-corrected chi connectivity index (χ0v) is 25.2. The van der Waals surface area contributed by atoms with Gasteiger partial charge in [-0.05, 0) is 48.2 Å². The quantitative estimate of drug-likeness (QED) is 0.452. The van der Waals surface area contributed by atoms with Crippen LogP contribution in [0.5, 0.6) is 11.5 Å². The molecule has 1 aliphatic carbocycles. The number of fused-ring (bicyclic) bond motifs is 1. The molecule has 6 rings (SSSR count). The molecular formula is C33H38N6O4. The summed E-state index contributed by atoms with van der Waals surface area (Å²) in [5.74, 6) is 2.00. The number of anilines is 3. The van der Waals surface area contributed by atoms with Gasteiger partial charge in [0.15, 0.2) is 5.78 Å². The second-order valence-corrected chi connectivity index (χ2v) is 12.0. The highest BCUT2D eigenvalue weighted by molar-refractivity contribution is 6.02. The number of carbonyl (C=O) groups is 2. The molecular weight excluding hydrogens is 544 g/mol. The van der Waals surface area contributed by atoms with E-state index in [4.69, 9.17) is 9.47 Å². The van der Waals surface area contributed by atoms with E-state index in [0.717, 1.165) is 22.6 Å². The van der Waals surface area contributed by atoms with Crippen molar-refractivity contribution in [1.29, 1.82) is 0 Å². The Bertz CT molecular complexity index is 1550. The van der Waals surface area contributed by atoms with E-state index in [0.29, 0.717) is 62.0 Å². The number of hydrogen-bond acceptors (Lipinski definition) is 9. The summed E-state index contributed by atoms with van der Waals surface area (Å²) < 4.78 is 11.5. The number of benzene rings is 2. The number of aromatic nitrogens is 2. The van der Waals surface area contributed by atoms with E-state index < -0.39 is 6.04 Å². The number of ketones is 1. The van der Waals surface area contributed by atoms with Crippen molar-refractivity contribution in [1.82, 2.24) is 14.9 Å². The molecule has 1 N–H and O–H groups in total. The van der Waals surface area contributed by atoms with Crippen LogP contribution in [0.2, 0.25) is 0 Å². The third-order valence-electron chi connectivity index (χ3n) is 8.51. The summed E-state index contributed by atoms with van der Waals surface area (Å²) in [5, 5.41) is 3.62. The van der Waals surface area contributed by atoms with Crippen LogP contribution in [-0.2, 0) is 9.59 Å². The average molecular weight is 583 g/mol. The Morgan fingerprint density at radius 3 is 2.44 bits per heavy atom. The number of nitrogens with one attached hydrogen (secondary N) is 1. The predicted molar refractivity (Wildman–Crippen MR) is 166 cm³/mol. The van der Waals surface area contributed by atoms with Crippen LogP contribution in [0.4, 0.5) is 17.3 Å². The number of carbonyl (C=O) groups excluding carboxylic acids is 2. The molecule has 2 aliphatic heterocycles. The summed E-state index contributed by atoms with van der Waals surface area (Å²) in [6.45, 7) is 6.72. The van der Waals surface area contributed by atoms with Gasteiger partial charge in [0.25, 0.3) is 0 Å². The van der Waals surface area contributed by atoms with Gasteiger partial charge in [0, 0.05) is 61.8 Å². The van der Waals surface area contributed by atoms with E-state index in [2.05, 4.69) is 38.9 Å². The van der Waals surface area contributed by atoms with Crippen molar-refractivity contribution in [3.63, 3.8) is 0 Å². The Balaban J connectivity index is 1.41. The van der Waals surface area contributed by atoms with Crippen LogP contribution in [0.3, 0.4) is 0 Å². The summed E-state index contributed by atoms with van der Waals surface area (Å²) in [6, 6.07) is 14.8. The first-order valence-corrected chi connectivity index (χ1v) is 14.7. The number of methoxy groups -OCH3 is 2. The largest absolute Gasteiger partial charge is 0.497 e. The van der Waals surface area contributed by atoms with Crippen molar-refractivity contribution in [2.45, 2.75) is 32.7 Å². The van der Waals surface area contributed by atoms with Gasteiger partial charge in [-0.2, -0.15) is 0 Å². The van der Waals surface area contributed by atoms with Crippen molar-refractivity contribution in [2.24, 2.45) is 5.41 Å². The van der Waals surface area contributed by atoms with Gasteiger partial charge < -0.3 is 29.5 Å². The molecule has 2 aromatic carbocycles. The fourth-order valence-corrected chi connectivity index (χ4v) is 6.46. The highest BCUT2D eigenvalue weighted by Gasteiger charge is 2.43. The van der Waals surface area contributed by atoms with Crippen LogP contribution in [0.25, 0.3) is 0 Å². The molecule has 43 heavy (non-hydrogen) atoms. The molecule has 1 amide bonds. The molecule has 10 nitrogen and oxygen atoms in total. The summed E-state index contributed by atoms with van der Waals surface area (Å²) in [5.41, 5.74) is 3.84. The Hall–Kier alpha value is -4.60. The lowest BCUT2D eigenvalue weighted by atomic mass is 9.73. The molecule has 1 atom stereocenters. The average Bonchev–Trinajstić information content (AvgIpc) is 3.15. The minimum Gasteiger partial charge on any atom is -0.497 e. The molecule has 3 heterocycles. The van der Waals surface area contributed by atoms with E-state index in [1.807, 2.05) is 47.4 Å². The topological polar surface area (TPSA) is 100 Å². The summed E-state index contributed by atoms with van der Waals surface area (Å²) in [6.07, 6.45) is 4.58. The molecule has 224 valence electrons. The van der Waals surface area contributed by atoms with Gasteiger partial charge >= 0.3 is 0 Å². The number of rotatable bonds is 6. The van der Waals surface area contributed by atoms with Crippen molar-refractivity contribution in [3.05, 3.63) is 77.8 Å². The first-order chi connectivity index (χ1) is 20.8. The SMILES string of the molecule is COc1ccc(OC)c(C2C3=C(CC(C)(C)CC3=O)Nc3ccccc3N2CC(=O)N2CCN(c3ncccn3)CC2)c1. The van der Waals surface area contributed by atoms with Gasteiger partial charge in [-0.3, -0.25) is 9.59 Å². The number of Topliss-reactive ketones (excluding diaryl/α,β-unsaturated/α-hetero) is 1. The first-order valence-electron chi connectivity index (χ1n) is 14.7. The Labute approximate surface area is 252 Å². The normalized spacial score (nSPS) is 19.7. The molecule has 1 aromatic heterocycles. The lowest BCUT2D eigenvalue weighted by molar-refractivity contribution is -0.130. The van der Waals surface area contributed by atoms with Gasteiger partial charge in [-0.1, -0.05) is 26.0 Å². The number of piperazine rings is 1. The van der Waals surface area contributed by atoms with E-state index in [1.54, 1.807) is 32.7 Å². The van der Waals surface area contributed by atoms with Crippen molar-refractivity contribution in [3.8, 4) is 11.5 Å². The summed E-state index contributed by atoms with van der Waals surface area (Å²) in [4.78, 5) is 43.0. The molecule has 3 aliphatic rings. The molecule has 1 saturated heterocycles. The number of hydrogen-bond donors (Lipinski definition) is 1. The Kier molecular flexibility index (Phi) is 7.68. The van der Waals surface area contributed by atoms with Crippen molar-refractivity contribution >= 4 is 29.0 Å². The van der Waals surface area contributed by atoms with E-state index >= 15 is 0 Å². The summed E-state index contributed by atoms with van der Waals surface area (Å²) >= 11 is 0. The number of nitrogens with zero attached hydrogens (tertiary/aromatic N) is 5. The molecule has 1 unspecified atom stereocenters. The van der Waals surface area contributed by atoms with Crippen LogP contribution in [0.1, 0.15) is 38.3 Å². The van der Waals surface area contributed by atoms with Crippen LogP contribution in [-0.4, -0.2) is 73.5 Å². The molecule has 1 fully saturated rings. The van der Waals surface area contributed by atoms with Crippen molar-refractivity contribution < 1.29 is 19.1 Å². The molecule has 0 saturated carbocycles. The van der Waals surface area contributed by atoms with Crippen LogP contribution in [0.15, 0.2) is 72.2 Å².